The first-order valence-corrected chi connectivity index (χ1v) is 8.04. The van der Waals surface area contributed by atoms with Gasteiger partial charge in [-0.3, -0.25) is 14.7 Å². The summed E-state index contributed by atoms with van der Waals surface area (Å²) in [6.07, 6.45) is 0.815. The van der Waals surface area contributed by atoms with Crippen LogP contribution in [0.1, 0.15) is 13.8 Å². The van der Waals surface area contributed by atoms with Crippen LogP contribution in [0.25, 0.3) is 0 Å². The van der Waals surface area contributed by atoms with E-state index in [2.05, 4.69) is 5.32 Å². The predicted octanol–water partition coefficient (Wildman–Crippen LogP) is 0.973. The number of non-ortho nitro benzene ring substituents is 1. The highest BCUT2D eigenvalue weighted by Gasteiger charge is 2.39. The molecule has 0 atom stereocenters. The molecular weight excluding hydrogens is 360 g/mol. The molecule has 0 amide bonds. The van der Waals surface area contributed by atoms with Crippen LogP contribution in [0.4, 0.5) is 11.4 Å². The van der Waals surface area contributed by atoms with Crippen LogP contribution >= 0.6 is 0 Å². The molecule has 0 unspecified atom stereocenters. The highest BCUT2D eigenvalue weighted by atomic mass is 32.2. The number of rotatable bonds is 4. The zero-order valence-electron chi connectivity index (χ0n) is 12.9. The number of hydrogen-bond donors (Lipinski definition) is 2. The van der Waals surface area contributed by atoms with Crippen LogP contribution in [-0.2, 0) is 29.2 Å². The number of nitro groups is 1. The van der Waals surface area contributed by atoms with Crippen LogP contribution in [0.15, 0.2) is 34.9 Å². The van der Waals surface area contributed by atoms with E-state index in [1.807, 2.05) is 0 Å². The maximum atomic E-state index is 11.8. The Labute approximate surface area is 141 Å². The molecule has 0 aromatic heterocycles. The molecule has 11 nitrogen and oxygen atoms in total. The van der Waals surface area contributed by atoms with E-state index >= 15 is 0 Å². The minimum Gasteiger partial charge on any atom is -0.419 e. The normalized spacial score (nSPS) is 16.7. The lowest BCUT2D eigenvalue weighted by Crippen LogP contribution is -2.42. The van der Waals surface area contributed by atoms with Gasteiger partial charge >= 0.3 is 11.9 Å². The first-order chi connectivity index (χ1) is 11.4. The van der Waals surface area contributed by atoms with E-state index in [0.29, 0.717) is 6.07 Å². The number of anilines is 1. The third-order valence-electron chi connectivity index (χ3n) is 2.94. The fourth-order valence-electron chi connectivity index (χ4n) is 1.89. The molecule has 1 aromatic rings. The van der Waals surface area contributed by atoms with Crippen LogP contribution in [0, 0.1) is 10.1 Å². The summed E-state index contributed by atoms with van der Waals surface area (Å²) < 4.78 is 41.6. The molecule has 1 fully saturated rings. The average Bonchev–Trinajstić information content (AvgIpc) is 2.43. The smallest absolute Gasteiger partial charge is 0.350 e. The summed E-state index contributed by atoms with van der Waals surface area (Å²) in [5.41, 5.74) is -1.44. The second kappa shape index (κ2) is 6.14. The Morgan fingerprint density at radius 2 is 1.80 bits per heavy atom. The Bertz CT molecular complexity index is 880. The fourth-order valence-corrected chi connectivity index (χ4v) is 2.56. The number of carbonyl (C=O) groups excluding carboxylic acids is 2. The molecule has 1 aliphatic rings. The minimum atomic E-state index is -4.82. The Hall–Kier alpha value is -2.99. The van der Waals surface area contributed by atoms with Crippen molar-refractivity contribution in [1.82, 2.24) is 0 Å². The predicted molar refractivity (Wildman–Crippen MR) is 80.9 cm³/mol. The summed E-state index contributed by atoms with van der Waals surface area (Å²) in [5.74, 6) is -3.47. The van der Waals surface area contributed by atoms with Gasteiger partial charge in [-0.15, -0.1) is 0 Å². The molecular formula is C13H12N2O9S. The largest absolute Gasteiger partial charge is 0.419 e. The number of nitro benzene ring substituents is 1. The van der Waals surface area contributed by atoms with Crippen molar-refractivity contribution < 1.29 is 37.0 Å². The molecule has 0 spiro atoms. The highest BCUT2D eigenvalue weighted by Crippen LogP contribution is 2.27. The van der Waals surface area contributed by atoms with Crippen molar-refractivity contribution in [2.24, 2.45) is 0 Å². The summed E-state index contributed by atoms with van der Waals surface area (Å²) in [6, 6.07) is 2.58. The lowest BCUT2D eigenvalue weighted by atomic mass is 10.2. The molecule has 2 rings (SSSR count). The van der Waals surface area contributed by atoms with Crippen LogP contribution in [0.2, 0.25) is 0 Å². The van der Waals surface area contributed by atoms with Crippen LogP contribution in [0.3, 0.4) is 0 Å². The van der Waals surface area contributed by atoms with Crippen LogP contribution in [0.5, 0.6) is 0 Å². The second-order valence-electron chi connectivity index (χ2n) is 5.29. The highest BCUT2D eigenvalue weighted by molar-refractivity contribution is 7.86. The Morgan fingerprint density at radius 3 is 2.28 bits per heavy atom. The van der Waals surface area contributed by atoms with Gasteiger partial charge in [-0.05, 0) is 6.07 Å². The molecule has 1 heterocycles. The van der Waals surface area contributed by atoms with Crippen LogP contribution in [-0.4, -0.2) is 35.6 Å². The van der Waals surface area contributed by atoms with Gasteiger partial charge in [-0.2, -0.15) is 8.42 Å². The van der Waals surface area contributed by atoms with Crippen molar-refractivity contribution in [3.8, 4) is 0 Å². The number of nitrogens with one attached hydrogen (secondary N) is 1. The van der Waals surface area contributed by atoms with Crippen molar-refractivity contribution in [3.05, 3.63) is 40.1 Å². The molecule has 2 N–H and O–H groups in total. The number of ether oxygens (including phenoxy) is 2. The molecule has 1 aromatic carbocycles. The number of nitrogens with zero attached hydrogens (tertiary/aromatic N) is 1. The monoisotopic (exact) mass is 372 g/mol. The standard InChI is InChI=1S/C13H12N2O9S/c1-13(2)23-11(16)8(12(17)24-13)6-14-9-4-3-7(15(18)19)5-10(9)25(20,21)22/h3-6,14H,1-2H3,(H,20,21,22). The number of esters is 2. The minimum absolute atomic E-state index is 0.300. The molecule has 12 heteroatoms. The van der Waals surface area contributed by atoms with Gasteiger partial charge in [0, 0.05) is 32.2 Å². The quantitative estimate of drug-likeness (QED) is 0.194. The summed E-state index contributed by atoms with van der Waals surface area (Å²) >= 11 is 0. The lowest BCUT2D eigenvalue weighted by Gasteiger charge is -2.29. The topological polar surface area (TPSA) is 162 Å². The van der Waals surface area contributed by atoms with E-state index in [0.717, 1.165) is 18.3 Å². The van der Waals surface area contributed by atoms with Gasteiger partial charge in [-0.1, -0.05) is 0 Å². The third kappa shape index (κ3) is 4.10. The zero-order chi connectivity index (χ0) is 19.0. The number of cyclic esters (lactones) is 2. The lowest BCUT2D eigenvalue weighted by molar-refractivity contribution is -0.385. The molecule has 1 saturated heterocycles. The van der Waals surface area contributed by atoms with E-state index in [4.69, 9.17) is 9.47 Å². The zero-order valence-corrected chi connectivity index (χ0v) is 13.7. The first-order valence-electron chi connectivity index (χ1n) is 6.60. The van der Waals surface area contributed by atoms with E-state index in [-0.39, 0.29) is 5.69 Å². The summed E-state index contributed by atoms with van der Waals surface area (Å²) in [7, 11) is -4.82. The van der Waals surface area contributed by atoms with Crippen molar-refractivity contribution in [2.75, 3.05) is 5.32 Å². The van der Waals surface area contributed by atoms with Gasteiger partial charge in [0.15, 0.2) is 5.57 Å². The van der Waals surface area contributed by atoms with E-state index in [9.17, 15) is 32.7 Å². The van der Waals surface area contributed by atoms with Crippen molar-refractivity contribution in [1.29, 1.82) is 0 Å². The Morgan fingerprint density at radius 1 is 1.24 bits per heavy atom. The number of hydrogen-bond acceptors (Lipinski definition) is 9. The van der Waals surface area contributed by atoms with E-state index < -0.39 is 48.9 Å². The van der Waals surface area contributed by atoms with Gasteiger partial charge < -0.3 is 14.8 Å². The molecule has 0 radical (unpaired) electrons. The summed E-state index contributed by atoms with van der Waals surface area (Å²) in [5, 5.41) is 13.0. The molecule has 0 aliphatic carbocycles. The summed E-state index contributed by atoms with van der Waals surface area (Å²) in [4.78, 5) is 32.6. The third-order valence-corrected chi connectivity index (χ3v) is 3.84. The van der Waals surface area contributed by atoms with Crippen molar-refractivity contribution in [3.63, 3.8) is 0 Å². The van der Waals surface area contributed by atoms with Gasteiger partial charge in [0.05, 0.1) is 10.6 Å². The average molecular weight is 372 g/mol. The van der Waals surface area contributed by atoms with E-state index in [1.54, 1.807) is 0 Å². The van der Waals surface area contributed by atoms with Gasteiger partial charge in [0.25, 0.3) is 21.6 Å². The number of carbonyl (C=O) groups is 2. The maximum absolute atomic E-state index is 11.8. The Balaban J connectivity index is 2.39. The van der Waals surface area contributed by atoms with E-state index in [1.165, 1.54) is 13.8 Å². The second-order valence-corrected chi connectivity index (χ2v) is 6.68. The first kappa shape index (κ1) is 18.4. The Kier molecular flexibility index (Phi) is 4.51. The van der Waals surface area contributed by atoms with Crippen LogP contribution < -0.4 is 5.32 Å². The molecule has 0 saturated carbocycles. The summed E-state index contributed by atoms with van der Waals surface area (Å²) in [6.45, 7) is 2.69. The fraction of sp³-hybridized carbons (Fsp3) is 0.231. The molecule has 25 heavy (non-hydrogen) atoms. The van der Waals surface area contributed by atoms with Crippen molar-refractivity contribution in [2.45, 2.75) is 24.5 Å². The van der Waals surface area contributed by atoms with Gasteiger partial charge in [-0.25, -0.2) is 9.59 Å². The van der Waals surface area contributed by atoms with Crippen molar-refractivity contribution >= 4 is 33.4 Å². The molecule has 134 valence electrons. The number of benzene rings is 1. The van der Waals surface area contributed by atoms with Gasteiger partial charge in [0.1, 0.15) is 4.90 Å². The maximum Gasteiger partial charge on any atom is 0.350 e. The molecule has 0 bridgehead atoms. The molecule has 1 aliphatic heterocycles. The SMILES string of the molecule is CC1(C)OC(=O)C(=CNc2ccc([N+](=O)[O-])cc2S(=O)(=O)O)C(=O)O1. The van der Waals surface area contributed by atoms with Gasteiger partial charge in [0.2, 0.25) is 0 Å².